The van der Waals surface area contributed by atoms with Crippen LogP contribution in [0, 0.1) is 0 Å². The molecule has 0 bridgehead atoms. The number of nitrogen functional groups attached to an aromatic ring is 1. The number of hydrogen-bond donors (Lipinski definition) is 1. The molecule has 0 saturated heterocycles. The van der Waals surface area contributed by atoms with Gasteiger partial charge >= 0.3 is 5.97 Å². The van der Waals surface area contributed by atoms with E-state index in [1.807, 2.05) is 13.8 Å². The summed E-state index contributed by atoms with van der Waals surface area (Å²) in [5, 5.41) is 0.323. The molecule has 0 aromatic heterocycles. The molecule has 1 aromatic carbocycles. The first-order valence-electron chi connectivity index (χ1n) is 4.81. The molecule has 1 rings (SSSR count). The summed E-state index contributed by atoms with van der Waals surface area (Å²) in [5.74, 6) is -0.465. The topological polar surface area (TPSA) is 52.3 Å². The molecule has 0 aliphatic heterocycles. The third-order valence-corrected chi connectivity index (χ3v) is 2.45. The molecule has 0 spiro atoms. The van der Waals surface area contributed by atoms with Crippen molar-refractivity contribution in [1.29, 1.82) is 0 Å². The minimum absolute atomic E-state index is 0.131. The summed E-state index contributed by atoms with van der Waals surface area (Å²) in [4.78, 5) is 11.7. The Morgan fingerprint density at radius 2 is 2.27 bits per heavy atom. The minimum Gasteiger partial charge on any atom is -0.459 e. The molecule has 1 atom stereocenters. The maximum Gasteiger partial charge on any atom is 0.342 e. The lowest BCUT2D eigenvalue weighted by molar-refractivity contribution is 0.0336. The second kappa shape index (κ2) is 5.03. The molecule has 1 unspecified atom stereocenters. The van der Waals surface area contributed by atoms with Gasteiger partial charge in [0.15, 0.2) is 0 Å². The maximum absolute atomic E-state index is 11.7. The number of benzene rings is 1. The van der Waals surface area contributed by atoms with E-state index < -0.39 is 5.97 Å². The number of carbonyl (C=O) groups excluding carboxylic acids is 1. The van der Waals surface area contributed by atoms with Gasteiger partial charge in [0, 0.05) is 5.69 Å². The van der Waals surface area contributed by atoms with Crippen molar-refractivity contribution in [2.45, 2.75) is 26.4 Å². The van der Waals surface area contributed by atoms with Gasteiger partial charge in [-0.15, -0.1) is 0 Å². The Hall–Kier alpha value is -1.22. The summed E-state index contributed by atoms with van der Waals surface area (Å²) in [7, 11) is 0. The lowest BCUT2D eigenvalue weighted by Crippen LogP contribution is -2.15. The average molecular weight is 228 g/mol. The molecule has 15 heavy (non-hydrogen) atoms. The van der Waals surface area contributed by atoms with Gasteiger partial charge in [-0.1, -0.05) is 24.6 Å². The van der Waals surface area contributed by atoms with E-state index in [1.54, 1.807) is 18.2 Å². The van der Waals surface area contributed by atoms with Gasteiger partial charge < -0.3 is 10.5 Å². The van der Waals surface area contributed by atoms with E-state index in [-0.39, 0.29) is 11.7 Å². The van der Waals surface area contributed by atoms with Gasteiger partial charge in [0.2, 0.25) is 0 Å². The standard InChI is InChI=1S/C11H14ClNO2/c1-3-7(2)15-11(14)10-8(12)5-4-6-9(10)13/h4-7H,3,13H2,1-2H3. The first-order chi connectivity index (χ1) is 7.06. The van der Waals surface area contributed by atoms with Gasteiger partial charge in [0.1, 0.15) is 5.56 Å². The second-order valence-corrected chi connectivity index (χ2v) is 3.74. The minimum atomic E-state index is -0.465. The van der Waals surface area contributed by atoms with Crippen LogP contribution in [0.15, 0.2) is 18.2 Å². The molecule has 3 nitrogen and oxygen atoms in total. The van der Waals surface area contributed by atoms with Crippen LogP contribution in [0.5, 0.6) is 0 Å². The Labute approximate surface area is 94.2 Å². The van der Waals surface area contributed by atoms with Crippen molar-refractivity contribution in [2.75, 3.05) is 5.73 Å². The molecular formula is C11H14ClNO2. The van der Waals surface area contributed by atoms with Crippen molar-refractivity contribution in [1.82, 2.24) is 0 Å². The van der Waals surface area contributed by atoms with Crippen LogP contribution >= 0.6 is 11.6 Å². The number of halogens is 1. The lowest BCUT2D eigenvalue weighted by Gasteiger charge is -2.12. The highest BCUT2D eigenvalue weighted by molar-refractivity contribution is 6.34. The fraction of sp³-hybridized carbons (Fsp3) is 0.364. The molecule has 0 aliphatic carbocycles. The van der Waals surface area contributed by atoms with Crippen LogP contribution in [0.4, 0.5) is 5.69 Å². The van der Waals surface area contributed by atoms with E-state index in [0.29, 0.717) is 10.7 Å². The van der Waals surface area contributed by atoms with Gasteiger partial charge in [-0.05, 0) is 25.5 Å². The van der Waals surface area contributed by atoms with E-state index in [1.165, 1.54) is 0 Å². The number of carbonyl (C=O) groups is 1. The van der Waals surface area contributed by atoms with Crippen LogP contribution in [0.2, 0.25) is 5.02 Å². The molecule has 82 valence electrons. The Bertz CT molecular complexity index is 345. The quantitative estimate of drug-likeness (QED) is 0.638. The second-order valence-electron chi connectivity index (χ2n) is 3.33. The van der Waals surface area contributed by atoms with Crippen LogP contribution in [-0.2, 0) is 4.74 Å². The summed E-state index contributed by atoms with van der Waals surface area (Å²) in [6.45, 7) is 3.76. The first-order valence-corrected chi connectivity index (χ1v) is 5.19. The average Bonchev–Trinajstić information content (AvgIpc) is 2.17. The number of hydrogen-bond acceptors (Lipinski definition) is 3. The van der Waals surface area contributed by atoms with Crippen molar-refractivity contribution < 1.29 is 9.53 Å². The Morgan fingerprint density at radius 1 is 1.60 bits per heavy atom. The van der Waals surface area contributed by atoms with Crippen LogP contribution in [0.3, 0.4) is 0 Å². The van der Waals surface area contributed by atoms with Gasteiger partial charge in [0.25, 0.3) is 0 Å². The van der Waals surface area contributed by atoms with Crippen LogP contribution in [0.25, 0.3) is 0 Å². The molecule has 2 N–H and O–H groups in total. The van der Waals surface area contributed by atoms with E-state index in [9.17, 15) is 4.79 Å². The van der Waals surface area contributed by atoms with Crippen LogP contribution in [0.1, 0.15) is 30.6 Å². The highest BCUT2D eigenvalue weighted by atomic mass is 35.5. The number of anilines is 1. The molecule has 0 amide bonds. The maximum atomic E-state index is 11.7. The Morgan fingerprint density at radius 3 is 2.80 bits per heavy atom. The highest BCUT2D eigenvalue weighted by Crippen LogP contribution is 2.23. The zero-order chi connectivity index (χ0) is 11.4. The van der Waals surface area contributed by atoms with Gasteiger partial charge in [-0.2, -0.15) is 0 Å². The predicted molar refractivity (Wildman–Crippen MR) is 61.0 cm³/mol. The monoisotopic (exact) mass is 227 g/mol. The zero-order valence-corrected chi connectivity index (χ0v) is 9.54. The van der Waals surface area contributed by atoms with Crippen molar-refractivity contribution in [2.24, 2.45) is 0 Å². The largest absolute Gasteiger partial charge is 0.459 e. The fourth-order valence-corrected chi connectivity index (χ4v) is 1.34. The summed E-state index contributed by atoms with van der Waals surface area (Å²) in [6, 6.07) is 4.93. The highest BCUT2D eigenvalue weighted by Gasteiger charge is 2.17. The first kappa shape index (κ1) is 11.9. The van der Waals surface area contributed by atoms with Gasteiger partial charge in [-0.25, -0.2) is 4.79 Å². The molecule has 0 fully saturated rings. The van der Waals surface area contributed by atoms with E-state index in [2.05, 4.69) is 0 Å². The molecule has 0 aliphatic rings. The smallest absolute Gasteiger partial charge is 0.342 e. The SMILES string of the molecule is CCC(C)OC(=O)c1c(N)cccc1Cl. The Balaban J connectivity index is 2.91. The van der Waals surface area contributed by atoms with E-state index in [0.717, 1.165) is 6.42 Å². The zero-order valence-electron chi connectivity index (χ0n) is 8.79. The third-order valence-electron chi connectivity index (χ3n) is 2.13. The summed E-state index contributed by atoms with van der Waals surface area (Å²) in [5.41, 5.74) is 6.25. The number of esters is 1. The van der Waals surface area contributed by atoms with Crippen molar-refractivity contribution in [3.63, 3.8) is 0 Å². The molecular weight excluding hydrogens is 214 g/mol. The van der Waals surface area contributed by atoms with Crippen molar-refractivity contribution in [3.05, 3.63) is 28.8 Å². The van der Waals surface area contributed by atoms with Gasteiger partial charge in [0.05, 0.1) is 11.1 Å². The summed E-state index contributed by atoms with van der Waals surface area (Å²) < 4.78 is 5.14. The predicted octanol–water partition coefficient (Wildman–Crippen LogP) is 2.88. The normalized spacial score (nSPS) is 12.2. The summed E-state index contributed by atoms with van der Waals surface area (Å²) >= 11 is 5.87. The summed E-state index contributed by atoms with van der Waals surface area (Å²) in [6.07, 6.45) is 0.629. The lowest BCUT2D eigenvalue weighted by atomic mass is 10.2. The van der Waals surface area contributed by atoms with E-state index >= 15 is 0 Å². The molecule has 0 radical (unpaired) electrons. The van der Waals surface area contributed by atoms with Gasteiger partial charge in [-0.3, -0.25) is 0 Å². The number of rotatable bonds is 3. The fourth-order valence-electron chi connectivity index (χ4n) is 1.08. The molecule has 1 aromatic rings. The van der Waals surface area contributed by atoms with Crippen molar-refractivity contribution in [3.8, 4) is 0 Å². The molecule has 4 heteroatoms. The third kappa shape index (κ3) is 2.86. The van der Waals surface area contributed by atoms with E-state index in [4.69, 9.17) is 22.1 Å². The Kier molecular flexibility index (Phi) is 3.97. The molecule has 0 heterocycles. The van der Waals surface area contributed by atoms with Crippen LogP contribution in [-0.4, -0.2) is 12.1 Å². The number of ether oxygens (including phenoxy) is 1. The van der Waals surface area contributed by atoms with Crippen LogP contribution < -0.4 is 5.73 Å². The molecule has 0 saturated carbocycles. The number of nitrogens with two attached hydrogens (primary N) is 1. The van der Waals surface area contributed by atoms with Crippen molar-refractivity contribution >= 4 is 23.3 Å².